The summed E-state index contributed by atoms with van der Waals surface area (Å²) in [6.07, 6.45) is 9.58. The third-order valence-corrected chi connectivity index (χ3v) is 8.39. The van der Waals surface area contributed by atoms with Crippen molar-refractivity contribution in [2.45, 2.75) is 13.0 Å². The quantitative estimate of drug-likeness (QED) is 0.607. The van der Waals surface area contributed by atoms with Crippen LogP contribution in [0.1, 0.15) is 22.3 Å². The van der Waals surface area contributed by atoms with E-state index in [-0.39, 0.29) is 16.7 Å². The Kier molecular flexibility index (Phi) is 7.09. The minimum Gasteiger partial charge on any atom is -0.336 e. The van der Waals surface area contributed by atoms with Crippen molar-refractivity contribution in [3.63, 3.8) is 0 Å². The number of aliphatic imine (C=N–C) groups is 1. The van der Waals surface area contributed by atoms with E-state index in [0.717, 1.165) is 36.6 Å². The predicted octanol–water partition coefficient (Wildman–Crippen LogP) is 4.47. The smallest absolute Gasteiger partial charge is 0.263 e. The molecule has 0 saturated carbocycles. The summed E-state index contributed by atoms with van der Waals surface area (Å²) < 4.78 is 28.7. The lowest BCUT2D eigenvalue weighted by Crippen LogP contribution is -2.48. The fraction of sp³-hybridized carbons (Fsp3) is 0.259. The van der Waals surface area contributed by atoms with Crippen molar-refractivity contribution >= 4 is 39.4 Å². The molecule has 1 saturated heterocycles. The fourth-order valence-corrected chi connectivity index (χ4v) is 6.12. The van der Waals surface area contributed by atoms with Gasteiger partial charge in [-0.1, -0.05) is 42.0 Å². The summed E-state index contributed by atoms with van der Waals surface area (Å²) >= 11 is 6.28. The van der Waals surface area contributed by atoms with Crippen molar-refractivity contribution in [2.75, 3.05) is 30.9 Å². The SMILES string of the molecule is O=C(c1ccc(NS(=O)(=O)C2=C3N=CC=CC3CC=C2)cc1)N1CCN(Cc2ccccc2Cl)CC1. The second kappa shape index (κ2) is 10.4. The minimum absolute atomic E-state index is 0.0308. The van der Waals surface area contributed by atoms with E-state index >= 15 is 0 Å². The Balaban J connectivity index is 1.20. The van der Waals surface area contributed by atoms with Crippen LogP contribution in [-0.2, 0) is 16.6 Å². The van der Waals surface area contributed by atoms with Crippen molar-refractivity contribution in [2.24, 2.45) is 10.9 Å². The van der Waals surface area contributed by atoms with E-state index in [9.17, 15) is 13.2 Å². The third kappa shape index (κ3) is 5.31. The second-order valence-corrected chi connectivity index (χ2v) is 11.1. The second-order valence-electron chi connectivity index (χ2n) is 9.00. The van der Waals surface area contributed by atoms with Crippen LogP contribution in [0.2, 0.25) is 5.02 Å². The number of nitrogens with one attached hydrogen (secondary N) is 1. The maximum Gasteiger partial charge on any atom is 0.263 e. The van der Waals surface area contributed by atoms with Gasteiger partial charge in [-0.3, -0.25) is 19.4 Å². The van der Waals surface area contributed by atoms with Gasteiger partial charge in [-0.15, -0.1) is 0 Å². The number of rotatable bonds is 6. The van der Waals surface area contributed by atoms with Crippen LogP contribution >= 0.6 is 11.6 Å². The molecule has 0 bridgehead atoms. The van der Waals surface area contributed by atoms with Crippen molar-refractivity contribution in [1.29, 1.82) is 0 Å². The van der Waals surface area contributed by atoms with Gasteiger partial charge in [0.05, 0.1) is 5.70 Å². The molecule has 1 unspecified atom stereocenters. The van der Waals surface area contributed by atoms with E-state index < -0.39 is 10.0 Å². The molecular formula is C27H27ClN4O3S. The molecule has 0 radical (unpaired) electrons. The summed E-state index contributed by atoms with van der Waals surface area (Å²) in [6, 6.07) is 14.4. The van der Waals surface area contributed by atoms with Gasteiger partial charge in [0.1, 0.15) is 4.91 Å². The van der Waals surface area contributed by atoms with Crippen LogP contribution in [0.5, 0.6) is 0 Å². The highest BCUT2D eigenvalue weighted by Crippen LogP contribution is 2.32. The molecule has 9 heteroatoms. The van der Waals surface area contributed by atoms with Crippen molar-refractivity contribution in [1.82, 2.24) is 9.80 Å². The Morgan fingerprint density at radius 1 is 1.06 bits per heavy atom. The zero-order valence-electron chi connectivity index (χ0n) is 19.7. The summed E-state index contributed by atoms with van der Waals surface area (Å²) in [6.45, 7) is 3.53. The van der Waals surface area contributed by atoms with Gasteiger partial charge in [-0.05, 0) is 54.5 Å². The van der Waals surface area contributed by atoms with Gasteiger partial charge < -0.3 is 4.90 Å². The Bertz CT molecular complexity index is 1370. The first-order valence-electron chi connectivity index (χ1n) is 11.9. The number of fused-ring (bicyclic) bond motifs is 1. The molecule has 1 atom stereocenters. The molecule has 3 aliphatic rings. The zero-order chi connectivity index (χ0) is 25.1. The van der Waals surface area contributed by atoms with Gasteiger partial charge in [0, 0.05) is 61.1 Å². The van der Waals surface area contributed by atoms with E-state index in [4.69, 9.17) is 11.6 Å². The van der Waals surface area contributed by atoms with Gasteiger partial charge in [0.2, 0.25) is 0 Å². The lowest BCUT2D eigenvalue weighted by molar-refractivity contribution is 0.0628. The van der Waals surface area contributed by atoms with Crippen LogP contribution in [0, 0.1) is 5.92 Å². The van der Waals surface area contributed by atoms with E-state index in [1.54, 1.807) is 36.6 Å². The number of allylic oxidation sites excluding steroid dienone is 4. The molecule has 186 valence electrons. The summed E-state index contributed by atoms with van der Waals surface area (Å²) in [7, 11) is -3.81. The van der Waals surface area contributed by atoms with Crippen molar-refractivity contribution < 1.29 is 13.2 Å². The summed E-state index contributed by atoms with van der Waals surface area (Å²) in [5, 5.41) is 0.756. The minimum atomic E-state index is -3.81. The Hall–Kier alpha value is -3.20. The van der Waals surface area contributed by atoms with Crippen LogP contribution in [0.3, 0.4) is 0 Å². The summed E-state index contributed by atoms with van der Waals surface area (Å²) in [4.78, 5) is 21.6. The highest BCUT2D eigenvalue weighted by molar-refractivity contribution is 7.96. The maximum atomic E-state index is 13.1. The van der Waals surface area contributed by atoms with Crippen LogP contribution < -0.4 is 4.72 Å². The zero-order valence-corrected chi connectivity index (χ0v) is 21.3. The number of benzene rings is 2. The van der Waals surface area contributed by atoms with E-state index in [0.29, 0.717) is 30.0 Å². The van der Waals surface area contributed by atoms with Gasteiger partial charge in [0.15, 0.2) is 0 Å². The first kappa shape index (κ1) is 24.5. The van der Waals surface area contributed by atoms with Crippen LogP contribution in [-0.4, -0.2) is 56.5 Å². The number of carbonyl (C=O) groups is 1. The number of nitrogens with zero attached hydrogens (tertiary/aromatic N) is 3. The normalized spacial score (nSPS) is 19.9. The lowest BCUT2D eigenvalue weighted by atomic mass is 9.95. The third-order valence-electron chi connectivity index (χ3n) is 6.59. The number of dihydropyridines is 1. The van der Waals surface area contributed by atoms with E-state index in [2.05, 4.69) is 14.6 Å². The Morgan fingerprint density at radius 3 is 2.56 bits per heavy atom. The number of carbonyl (C=O) groups excluding carboxylic acids is 1. The molecule has 1 N–H and O–H groups in total. The molecule has 1 amide bonds. The number of hydrogen-bond acceptors (Lipinski definition) is 5. The van der Waals surface area contributed by atoms with Crippen molar-refractivity contribution in [3.8, 4) is 0 Å². The van der Waals surface area contributed by atoms with E-state index in [1.807, 2.05) is 47.4 Å². The molecule has 2 heterocycles. The maximum absolute atomic E-state index is 13.1. The Labute approximate surface area is 216 Å². The van der Waals surface area contributed by atoms with Crippen LogP contribution in [0.15, 0.2) is 88.4 Å². The first-order valence-corrected chi connectivity index (χ1v) is 13.8. The standard InChI is InChI=1S/C27H27ClN4O3S/c28-24-8-2-1-5-22(24)19-31-15-17-32(18-16-31)27(33)21-10-12-23(13-11-21)30-36(34,35)25-9-3-6-20-7-4-14-29-26(20)25/h1-5,7-14,20,30H,6,15-19H2. The number of amides is 1. The molecule has 2 aliphatic heterocycles. The highest BCUT2D eigenvalue weighted by Gasteiger charge is 2.28. The molecule has 2 aromatic rings. The number of piperazine rings is 1. The molecule has 0 aromatic heterocycles. The summed E-state index contributed by atoms with van der Waals surface area (Å²) in [5.41, 5.74) is 2.56. The fourth-order valence-electron chi connectivity index (χ4n) is 4.62. The molecule has 36 heavy (non-hydrogen) atoms. The first-order chi connectivity index (χ1) is 17.4. The van der Waals surface area contributed by atoms with Gasteiger partial charge in [-0.2, -0.15) is 0 Å². The highest BCUT2D eigenvalue weighted by atomic mass is 35.5. The van der Waals surface area contributed by atoms with E-state index in [1.165, 1.54) is 0 Å². The molecule has 7 nitrogen and oxygen atoms in total. The monoisotopic (exact) mass is 522 g/mol. The van der Waals surface area contributed by atoms with Gasteiger partial charge >= 0.3 is 0 Å². The topological polar surface area (TPSA) is 82.1 Å². The Morgan fingerprint density at radius 2 is 1.81 bits per heavy atom. The average molecular weight is 523 g/mol. The number of anilines is 1. The molecule has 0 spiro atoms. The lowest BCUT2D eigenvalue weighted by Gasteiger charge is -2.35. The molecule has 5 rings (SSSR count). The summed E-state index contributed by atoms with van der Waals surface area (Å²) in [5.74, 6) is -0.0927. The van der Waals surface area contributed by atoms with Crippen LogP contribution in [0.4, 0.5) is 5.69 Å². The predicted molar refractivity (Wildman–Crippen MR) is 144 cm³/mol. The van der Waals surface area contributed by atoms with Gasteiger partial charge in [-0.25, -0.2) is 8.42 Å². The molecule has 1 fully saturated rings. The van der Waals surface area contributed by atoms with Crippen molar-refractivity contribution in [3.05, 3.63) is 99.6 Å². The molecule has 1 aliphatic carbocycles. The number of halogens is 1. The van der Waals surface area contributed by atoms with Gasteiger partial charge in [0.25, 0.3) is 15.9 Å². The molecular weight excluding hydrogens is 496 g/mol. The molecule has 2 aromatic carbocycles. The number of hydrogen-bond donors (Lipinski definition) is 1. The largest absolute Gasteiger partial charge is 0.336 e. The average Bonchev–Trinajstić information content (AvgIpc) is 2.90. The van der Waals surface area contributed by atoms with Crippen LogP contribution in [0.25, 0.3) is 0 Å². The number of sulfonamides is 1.